The summed E-state index contributed by atoms with van der Waals surface area (Å²) in [5, 5.41) is 2.46. The normalized spacial score (nSPS) is 19.7. The van der Waals surface area contributed by atoms with E-state index >= 15 is 0 Å². The minimum Gasteiger partial charge on any atom is -0.383 e. The fourth-order valence-corrected chi connectivity index (χ4v) is 5.43. The molecule has 0 saturated carbocycles. The molecule has 1 aliphatic heterocycles. The molecule has 2 aromatic heterocycles. The van der Waals surface area contributed by atoms with Crippen LogP contribution in [0.2, 0.25) is 5.02 Å². The monoisotopic (exact) mass is 405 g/mol. The molecule has 4 rings (SSSR count). The molecule has 1 aliphatic rings. The van der Waals surface area contributed by atoms with E-state index in [1.807, 2.05) is 24.3 Å². The summed E-state index contributed by atoms with van der Waals surface area (Å²) in [6.45, 7) is 4.94. The summed E-state index contributed by atoms with van der Waals surface area (Å²) in [4.78, 5) is 11.5. The predicted octanol–water partition coefficient (Wildman–Crippen LogP) is 5.46. The number of fused-ring (bicyclic) bond motifs is 3. The van der Waals surface area contributed by atoms with Crippen LogP contribution in [0.15, 0.2) is 29.4 Å². The number of benzene rings is 1. The van der Waals surface area contributed by atoms with Gasteiger partial charge in [-0.3, -0.25) is 0 Å². The molecular weight excluding hydrogens is 386 g/mol. The summed E-state index contributed by atoms with van der Waals surface area (Å²) in [7, 11) is 0. The molecule has 0 spiro atoms. The van der Waals surface area contributed by atoms with E-state index in [0.29, 0.717) is 23.3 Å². The molecule has 0 amide bonds. The van der Waals surface area contributed by atoms with Gasteiger partial charge in [0.1, 0.15) is 10.6 Å². The van der Waals surface area contributed by atoms with Crippen molar-refractivity contribution in [3.63, 3.8) is 0 Å². The zero-order valence-electron chi connectivity index (χ0n) is 14.7. The molecule has 0 saturated heterocycles. The Bertz CT molecular complexity index is 975. The second-order valence-corrected chi connectivity index (χ2v) is 9.16. The number of nitrogen functional groups attached to an aromatic ring is 1. The molecule has 0 fully saturated rings. The van der Waals surface area contributed by atoms with Crippen LogP contribution in [0.5, 0.6) is 0 Å². The van der Waals surface area contributed by atoms with Crippen molar-refractivity contribution >= 4 is 50.7 Å². The van der Waals surface area contributed by atoms with E-state index in [0.717, 1.165) is 33.6 Å². The third kappa shape index (κ3) is 3.31. The van der Waals surface area contributed by atoms with Crippen LogP contribution in [-0.2, 0) is 23.5 Å². The minimum atomic E-state index is -0.134. The molecule has 3 aromatic rings. The predicted molar refractivity (Wildman–Crippen MR) is 110 cm³/mol. The Balaban J connectivity index is 1.65. The van der Waals surface area contributed by atoms with Crippen molar-refractivity contribution in [2.75, 3.05) is 5.73 Å². The summed E-state index contributed by atoms with van der Waals surface area (Å²) in [5.41, 5.74) is 8.53. The number of aromatic nitrogens is 2. The van der Waals surface area contributed by atoms with E-state index in [4.69, 9.17) is 27.1 Å². The van der Waals surface area contributed by atoms with E-state index in [9.17, 15) is 0 Å². The molecule has 1 atom stereocenters. The zero-order valence-corrected chi connectivity index (χ0v) is 17.1. The minimum absolute atomic E-state index is 0.134. The highest BCUT2D eigenvalue weighted by atomic mass is 35.5. The molecule has 26 heavy (non-hydrogen) atoms. The molecule has 7 heteroatoms. The van der Waals surface area contributed by atoms with Crippen molar-refractivity contribution in [2.24, 2.45) is 0 Å². The van der Waals surface area contributed by atoms with Gasteiger partial charge in [0, 0.05) is 22.1 Å². The second kappa shape index (κ2) is 7.00. The van der Waals surface area contributed by atoms with Crippen LogP contribution < -0.4 is 5.73 Å². The number of anilines is 1. The molecule has 0 unspecified atom stereocenters. The zero-order chi connectivity index (χ0) is 18.3. The first-order chi connectivity index (χ1) is 12.5. The largest absolute Gasteiger partial charge is 0.383 e. The molecule has 2 N–H and O–H groups in total. The standard InChI is InChI=1S/C19H20ClN3OS2/c1-3-19(2)8-12-14(9-24-19)26-17-15(12)16(21)22-18(23-17)25-10-11-6-4-5-7-13(11)20/h4-7H,3,8-10H2,1-2H3,(H2,21,22,23)/t19-/m1/s1. The van der Waals surface area contributed by atoms with E-state index < -0.39 is 0 Å². The number of ether oxygens (including phenoxy) is 1. The highest BCUT2D eigenvalue weighted by Gasteiger charge is 2.32. The van der Waals surface area contributed by atoms with Gasteiger partial charge in [0.2, 0.25) is 0 Å². The van der Waals surface area contributed by atoms with E-state index in [-0.39, 0.29) is 5.60 Å². The van der Waals surface area contributed by atoms with Gasteiger partial charge in [0.25, 0.3) is 0 Å². The Labute approximate surface area is 166 Å². The number of nitrogens with two attached hydrogens (primary N) is 1. The maximum absolute atomic E-state index is 6.33. The van der Waals surface area contributed by atoms with Crippen LogP contribution in [0, 0.1) is 0 Å². The second-order valence-electron chi connectivity index (χ2n) is 6.72. The van der Waals surface area contributed by atoms with Crippen LogP contribution in [-0.4, -0.2) is 15.6 Å². The lowest BCUT2D eigenvalue weighted by Crippen LogP contribution is -2.33. The van der Waals surface area contributed by atoms with Gasteiger partial charge >= 0.3 is 0 Å². The first-order valence-electron chi connectivity index (χ1n) is 8.57. The first kappa shape index (κ1) is 18.0. The van der Waals surface area contributed by atoms with E-state index in [1.165, 1.54) is 10.4 Å². The lowest BCUT2D eigenvalue weighted by atomic mass is 9.90. The van der Waals surface area contributed by atoms with Crippen LogP contribution in [0.1, 0.15) is 36.3 Å². The molecule has 4 nitrogen and oxygen atoms in total. The fourth-order valence-electron chi connectivity index (χ4n) is 3.13. The number of hydrogen-bond donors (Lipinski definition) is 1. The summed E-state index contributed by atoms with van der Waals surface area (Å²) in [5.74, 6) is 1.28. The molecular formula is C19H20ClN3OS2. The molecule has 0 bridgehead atoms. The highest BCUT2D eigenvalue weighted by Crippen LogP contribution is 2.41. The Morgan fingerprint density at radius 1 is 1.35 bits per heavy atom. The lowest BCUT2D eigenvalue weighted by molar-refractivity contribution is -0.0542. The third-order valence-electron chi connectivity index (χ3n) is 4.91. The summed E-state index contributed by atoms with van der Waals surface area (Å²) in [6.07, 6.45) is 1.83. The van der Waals surface area contributed by atoms with Gasteiger partial charge in [-0.25, -0.2) is 9.97 Å². The maximum Gasteiger partial charge on any atom is 0.191 e. The van der Waals surface area contributed by atoms with Crippen LogP contribution in [0.3, 0.4) is 0 Å². The summed E-state index contributed by atoms with van der Waals surface area (Å²) >= 11 is 9.46. The topological polar surface area (TPSA) is 61.0 Å². The maximum atomic E-state index is 6.33. The number of halogens is 1. The van der Waals surface area contributed by atoms with Crippen LogP contribution in [0.25, 0.3) is 10.2 Å². The van der Waals surface area contributed by atoms with Crippen molar-refractivity contribution < 1.29 is 4.74 Å². The molecule has 0 radical (unpaired) electrons. The van der Waals surface area contributed by atoms with Crippen molar-refractivity contribution in [1.82, 2.24) is 9.97 Å². The van der Waals surface area contributed by atoms with Gasteiger partial charge in [0.05, 0.1) is 17.6 Å². The van der Waals surface area contributed by atoms with Gasteiger partial charge in [-0.1, -0.05) is 48.5 Å². The first-order valence-corrected chi connectivity index (χ1v) is 10.7. The third-order valence-corrected chi connectivity index (χ3v) is 7.27. The molecule has 136 valence electrons. The number of thiophene rings is 1. The van der Waals surface area contributed by atoms with Crippen molar-refractivity contribution in [3.05, 3.63) is 45.3 Å². The van der Waals surface area contributed by atoms with Gasteiger partial charge in [-0.2, -0.15) is 0 Å². The number of nitrogens with zero attached hydrogens (tertiary/aromatic N) is 2. The quantitative estimate of drug-likeness (QED) is 0.461. The summed E-state index contributed by atoms with van der Waals surface area (Å²) in [6, 6.07) is 7.83. The number of thioether (sulfide) groups is 1. The fraction of sp³-hybridized carbons (Fsp3) is 0.368. The van der Waals surface area contributed by atoms with Gasteiger partial charge in [-0.05, 0) is 30.5 Å². The number of rotatable bonds is 4. The van der Waals surface area contributed by atoms with Gasteiger partial charge in [-0.15, -0.1) is 11.3 Å². The average Bonchev–Trinajstić information content (AvgIpc) is 2.99. The lowest BCUT2D eigenvalue weighted by Gasteiger charge is -2.33. The highest BCUT2D eigenvalue weighted by molar-refractivity contribution is 7.98. The SMILES string of the molecule is CC[C@]1(C)Cc2c(sc3nc(SCc4ccccc4Cl)nc(N)c23)CO1. The van der Waals surface area contributed by atoms with Crippen LogP contribution in [0.4, 0.5) is 5.82 Å². The Kier molecular flexibility index (Phi) is 4.86. The smallest absolute Gasteiger partial charge is 0.191 e. The Morgan fingerprint density at radius 2 is 2.15 bits per heavy atom. The Hall–Kier alpha value is -1.34. The molecule has 0 aliphatic carbocycles. The van der Waals surface area contributed by atoms with Crippen LogP contribution >= 0.6 is 34.7 Å². The summed E-state index contributed by atoms with van der Waals surface area (Å²) < 4.78 is 6.06. The number of hydrogen-bond acceptors (Lipinski definition) is 6. The van der Waals surface area contributed by atoms with Crippen molar-refractivity contribution in [3.8, 4) is 0 Å². The van der Waals surface area contributed by atoms with Gasteiger partial charge in [0.15, 0.2) is 5.16 Å². The molecule has 3 heterocycles. The van der Waals surface area contributed by atoms with Crippen molar-refractivity contribution in [1.29, 1.82) is 0 Å². The molecule has 1 aromatic carbocycles. The average molecular weight is 406 g/mol. The van der Waals surface area contributed by atoms with Gasteiger partial charge < -0.3 is 10.5 Å². The van der Waals surface area contributed by atoms with Crippen molar-refractivity contribution in [2.45, 2.75) is 49.8 Å². The van der Waals surface area contributed by atoms with E-state index in [2.05, 4.69) is 18.8 Å². The van der Waals surface area contributed by atoms with E-state index in [1.54, 1.807) is 23.1 Å². The Morgan fingerprint density at radius 3 is 2.92 bits per heavy atom.